The van der Waals surface area contributed by atoms with Crippen LogP contribution < -0.4 is 5.73 Å². The molecule has 3 N–H and O–H groups in total. The highest BCUT2D eigenvalue weighted by molar-refractivity contribution is 6.33. The molecule has 0 amide bonds. The predicted molar refractivity (Wildman–Crippen MR) is 25.8 cm³/mol. The fourth-order valence-electron chi connectivity index (χ4n) is 0. The van der Waals surface area contributed by atoms with E-state index in [1.807, 2.05) is 0 Å². The summed E-state index contributed by atoms with van der Waals surface area (Å²) < 4.78 is 29.0. The summed E-state index contributed by atoms with van der Waals surface area (Å²) >= 11 is 0. The fraction of sp³-hybridized carbons (Fsp3) is 0.500. The number of hydrogen-bond acceptors (Lipinski definition) is 2. The lowest BCUT2D eigenvalue weighted by Gasteiger charge is -1.73. The van der Waals surface area contributed by atoms with Crippen LogP contribution in [0.25, 0.3) is 0 Å². The van der Waals surface area contributed by atoms with E-state index in [2.05, 4.69) is 5.73 Å². The van der Waals surface area contributed by atoms with Crippen LogP contribution in [-0.4, -0.2) is 25.2 Å². The molecule has 0 aromatic heterocycles. The topological polar surface area (TPSA) is 63.3 Å². The zero-order valence-corrected chi connectivity index (χ0v) is 4.35. The molecule has 0 heterocycles. The van der Waals surface area contributed by atoms with E-state index in [-0.39, 0.29) is 6.54 Å². The molecule has 0 aliphatic rings. The van der Waals surface area contributed by atoms with Gasteiger partial charge in [0.2, 0.25) is 0 Å². The summed E-state index contributed by atoms with van der Waals surface area (Å²) in [5.41, 5.74) is 4.57. The Balaban J connectivity index is 0. The zero-order valence-electron chi connectivity index (χ0n) is 4.35. The Labute approximate surface area is 49.9 Å². The molecule has 0 aliphatic heterocycles. The van der Waals surface area contributed by atoms with Crippen LogP contribution in [0.4, 0.5) is 12.9 Å². The first-order valence-electron chi connectivity index (χ1n) is 1.84. The van der Waals surface area contributed by atoms with E-state index in [1.165, 1.54) is 0 Å². The minimum absolute atomic E-state index is 0.278. The van der Waals surface area contributed by atoms with Crippen molar-refractivity contribution in [3.8, 4) is 0 Å². The highest BCUT2D eigenvalue weighted by Gasteiger charge is 2.06. The van der Waals surface area contributed by atoms with Crippen molar-refractivity contribution in [1.82, 2.24) is 0 Å². The van der Waals surface area contributed by atoms with Gasteiger partial charge in [-0.3, -0.25) is 17.7 Å². The Morgan fingerprint density at radius 1 is 1.56 bits per heavy atom. The zero-order chi connectivity index (χ0) is 7.86. The molecule has 0 atom stereocenters. The van der Waals surface area contributed by atoms with Crippen LogP contribution >= 0.6 is 0 Å². The van der Waals surface area contributed by atoms with E-state index in [0.29, 0.717) is 0 Å². The third-order valence-electron chi connectivity index (χ3n) is 0.175. The van der Waals surface area contributed by atoms with Crippen LogP contribution in [0.3, 0.4) is 0 Å². The van der Waals surface area contributed by atoms with Crippen molar-refractivity contribution in [3.63, 3.8) is 0 Å². The molecule has 7 heteroatoms. The lowest BCUT2D eigenvalue weighted by molar-refractivity contribution is -0.135. The number of carbonyl (C=O) groups is 1. The molecular weight excluding hydrogens is 138 g/mol. The van der Waals surface area contributed by atoms with E-state index < -0.39 is 13.5 Å². The normalized spacial score (nSPS) is 7.11. The quantitative estimate of drug-likeness (QED) is 0.504. The van der Waals surface area contributed by atoms with Crippen LogP contribution in [0.5, 0.6) is 0 Å². The smallest absolute Gasteiger partial charge is 0.480 e. The molecule has 0 saturated carbocycles. The van der Waals surface area contributed by atoms with Gasteiger partial charge < -0.3 is 10.8 Å². The van der Waals surface area contributed by atoms with Crippen molar-refractivity contribution in [2.45, 2.75) is 0 Å². The molecule has 0 saturated heterocycles. The third-order valence-corrected chi connectivity index (χ3v) is 0.175. The number of hydrogen-bond donors (Lipinski definition) is 2. The van der Waals surface area contributed by atoms with Gasteiger partial charge in [0.1, 0.15) is 0 Å². The highest BCUT2D eigenvalue weighted by Crippen LogP contribution is 1.80. The average Bonchev–Trinajstić information content (AvgIpc) is 1.65. The molecule has 0 aromatic carbocycles. The maximum absolute atomic E-state index is 9.67. The van der Waals surface area contributed by atoms with Crippen molar-refractivity contribution in [3.05, 3.63) is 0 Å². The molecular formula is C2H5BF3NO2. The Morgan fingerprint density at radius 3 is 1.67 bits per heavy atom. The van der Waals surface area contributed by atoms with E-state index in [4.69, 9.17) is 5.11 Å². The molecule has 0 rings (SSSR count). The molecule has 0 unspecified atom stereocenters. The molecule has 0 bridgehead atoms. The summed E-state index contributed by atoms with van der Waals surface area (Å²) in [6.45, 7) is -0.278. The van der Waals surface area contributed by atoms with Crippen LogP contribution in [-0.2, 0) is 4.79 Å². The number of rotatable bonds is 1. The van der Waals surface area contributed by atoms with Crippen molar-refractivity contribution < 1.29 is 22.8 Å². The second-order valence-electron chi connectivity index (χ2n) is 0.845. The van der Waals surface area contributed by atoms with Gasteiger partial charge in [-0.25, -0.2) is 0 Å². The standard InChI is InChI=1S/C2H5NO2.BF3/c3-1-2(4)5;2-1(3)4/h1,3H2,(H,4,5);. The summed E-state index contributed by atoms with van der Waals surface area (Å²) in [7, 11) is -3.67. The molecule has 0 aliphatic carbocycles. The van der Waals surface area contributed by atoms with E-state index in [1.54, 1.807) is 0 Å². The number of carboxylic acids is 1. The minimum Gasteiger partial charge on any atom is -0.480 e. The summed E-state index contributed by atoms with van der Waals surface area (Å²) in [5, 5.41) is 7.60. The Morgan fingerprint density at radius 2 is 1.67 bits per heavy atom. The van der Waals surface area contributed by atoms with Gasteiger partial charge in [-0.1, -0.05) is 0 Å². The van der Waals surface area contributed by atoms with Crippen LogP contribution in [0.15, 0.2) is 0 Å². The lowest BCUT2D eigenvalue weighted by Crippen LogP contribution is -2.10. The molecule has 3 nitrogen and oxygen atoms in total. The van der Waals surface area contributed by atoms with Crippen LogP contribution in [0, 0.1) is 0 Å². The molecule has 54 valence electrons. The molecule has 9 heavy (non-hydrogen) atoms. The second kappa shape index (κ2) is 7.28. The predicted octanol–water partition coefficient (Wildman–Crippen LogP) is -0.0905. The second-order valence-corrected chi connectivity index (χ2v) is 0.845. The van der Waals surface area contributed by atoms with Crippen molar-refractivity contribution in [1.29, 1.82) is 0 Å². The minimum atomic E-state index is -3.67. The van der Waals surface area contributed by atoms with Gasteiger partial charge in [0.15, 0.2) is 0 Å². The first-order valence-corrected chi connectivity index (χ1v) is 1.84. The molecule has 0 radical (unpaired) electrons. The number of aliphatic carboxylic acids is 1. The van der Waals surface area contributed by atoms with E-state index >= 15 is 0 Å². The van der Waals surface area contributed by atoms with Gasteiger partial charge in [-0.05, 0) is 0 Å². The molecule has 0 fully saturated rings. The van der Waals surface area contributed by atoms with Gasteiger partial charge in [-0.2, -0.15) is 0 Å². The monoisotopic (exact) mass is 143 g/mol. The largest absolute Gasteiger partial charge is 0.762 e. The highest BCUT2D eigenvalue weighted by atomic mass is 19.4. The Bertz CT molecular complexity index is 77.5. The SMILES string of the molecule is FB(F)F.NCC(=O)O. The van der Waals surface area contributed by atoms with Crippen molar-refractivity contribution in [2.75, 3.05) is 6.54 Å². The Kier molecular flexibility index (Phi) is 9.01. The maximum Gasteiger partial charge on any atom is 0.762 e. The number of nitrogens with two attached hydrogens (primary N) is 1. The van der Waals surface area contributed by atoms with E-state index in [0.717, 1.165) is 0 Å². The maximum atomic E-state index is 9.67. The van der Waals surface area contributed by atoms with Crippen LogP contribution in [0.2, 0.25) is 0 Å². The summed E-state index contributed by atoms with van der Waals surface area (Å²) in [6, 6.07) is 0. The first-order chi connectivity index (χ1) is 4.00. The van der Waals surface area contributed by atoms with Crippen molar-refractivity contribution >= 4 is 13.5 Å². The lowest BCUT2D eigenvalue weighted by atomic mass is 10.5. The summed E-state index contributed by atoms with van der Waals surface area (Å²) in [5.74, 6) is -0.968. The third kappa shape index (κ3) is 123. The first kappa shape index (κ1) is 11.1. The summed E-state index contributed by atoms with van der Waals surface area (Å²) in [4.78, 5) is 9.24. The number of halogens is 3. The molecule has 0 aromatic rings. The van der Waals surface area contributed by atoms with Gasteiger partial charge in [-0.15, -0.1) is 0 Å². The average molecular weight is 143 g/mol. The molecule has 0 spiro atoms. The summed E-state index contributed by atoms with van der Waals surface area (Å²) in [6.07, 6.45) is 0. The van der Waals surface area contributed by atoms with Gasteiger partial charge in [0.25, 0.3) is 0 Å². The van der Waals surface area contributed by atoms with E-state index in [9.17, 15) is 17.7 Å². The van der Waals surface area contributed by atoms with Gasteiger partial charge >= 0.3 is 13.5 Å². The van der Waals surface area contributed by atoms with Crippen LogP contribution in [0.1, 0.15) is 0 Å². The number of carboxylic acid groups (broad SMARTS) is 1. The Hall–Kier alpha value is -0.715. The van der Waals surface area contributed by atoms with Gasteiger partial charge in [0.05, 0.1) is 6.54 Å². The van der Waals surface area contributed by atoms with Crippen molar-refractivity contribution in [2.24, 2.45) is 5.73 Å². The fourth-order valence-corrected chi connectivity index (χ4v) is 0. The van der Waals surface area contributed by atoms with Gasteiger partial charge in [0, 0.05) is 0 Å².